The van der Waals surface area contributed by atoms with Crippen molar-refractivity contribution in [2.24, 2.45) is 0 Å². The number of rotatable bonds is 5. The van der Waals surface area contributed by atoms with E-state index in [0.717, 1.165) is 45.4 Å². The molecular formula is C19H28N2O3. The van der Waals surface area contributed by atoms with Crippen LogP contribution in [0.25, 0.3) is 0 Å². The molecule has 1 N–H and O–H groups in total. The number of nitrogens with one attached hydrogen (secondary N) is 1. The number of hydrogen-bond acceptors (Lipinski definition) is 5. The Kier molecular flexibility index (Phi) is 6.24. The van der Waals surface area contributed by atoms with E-state index in [1.807, 2.05) is 6.07 Å². The molecular weight excluding hydrogens is 304 g/mol. The van der Waals surface area contributed by atoms with Crippen molar-refractivity contribution < 1.29 is 14.3 Å². The Bertz CT molecular complexity index is 515. The van der Waals surface area contributed by atoms with Gasteiger partial charge in [0.2, 0.25) is 0 Å². The fraction of sp³-hybridized carbons (Fsp3) is 0.632. The van der Waals surface area contributed by atoms with E-state index in [1.54, 1.807) is 0 Å². The molecule has 24 heavy (non-hydrogen) atoms. The van der Waals surface area contributed by atoms with E-state index in [1.165, 1.54) is 12.7 Å². The first-order valence-corrected chi connectivity index (χ1v) is 8.96. The van der Waals surface area contributed by atoms with Crippen LogP contribution in [-0.4, -0.2) is 56.3 Å². The van der Waals surface area contributed by atoms with E-state index < -0.39 is 0 Å². The zero-order chi connectivity index (χ0) is 16.8. The largest absolute Gasteiger partial charge is 0.468 e. The van der Waals surface area contributed by atoms with E-state index in [-0.39, 0.29) is 12.1 Å². The van der Waals surface area contributed by atoms with Crippen molar-refractivity contribution >= 4 is 5.97 Å². The van der Waals surface area contributed by atoms with Gasteiger partial charge in [0, 0.05) is 31.8 Å². The molecule has 2 aliphatic heterocycles. The molecule has 2 fully saturated rings. The minimum atomic E-state index is -0.142. The molecule has 2 atom stereocenters. The number of ether oxygens (including phenoxy) is 2. The van der Waals surface area contributed by atoms with Gasteiger partial charge in [0.25, 0.3) is 0 Å². The molecule has 5 heteroatoms. The van der Waals surface area contributed by atoms with Crippen LogP contribution in [0, 0.1) is 0 Å². The van der Waals surface area contributed by atoms with Gasteiger partial charge < -0.3 is 14.8 Å². The molecule has 0 saturated carbocycles. The zero-order valence-electron chi connectivity index (χ0n) is 14.4. The van der Waals surface area contributed by atoms with Crippen LogP contribution in [0.3, 0.4) is 0 Å². The zero-order valence-corrected chi connectivity index (χ0v) is 14.4. The average Bonchev–Trinajstić information content (AvgIpc) is 2.64. The lowest BCUT2D eigenvalue weighted by atomic mass is 9.95. The summed E-state index contributed by atoms with van der Waals surface area (Å²) in [5.74, 6) is -0.142. The second kappa shape index (κ2) is 8.60. The summed E-state index contributed by atoms with van der Waals surface area (Å²) in [7, 11) is 1.45. The van der Waals surface area contributed by atoms with Crippen LogP contribution in [0.5, 0.6) is 0 Å². The van der Waals surface area contributed by atoms with E-state index in [2.05, 4.69) is 34.5 Å². The first-order valence-electron chi connectivity index (χ1n) is 8.96. The maximum absolute atomic E-state index is 11.4. The van der Waals surface area contributed by atoms with E-state index in [0.29, 0.717) is 18.6 Å². The molecule has 0 amide bonds. The number of methoxy groups -OCH3 is 1. The number of likely N-dealkylation sites (tertiary alicyclic amines) is 1. The first kappa shape index (κ1) is 17.4. The minimum absolute atomic E-state index is 0.142. The fourth-order valence-corrected chi connectivity index (χ4v) is 3.69. The Labute approximate surface area is 144 Å². The number of benzene rings is 1. The molecule has 2 saturated heterocycles. The van der Waals surface area contributed by atoms with E-state index >= 15 is 0 Å². The van der Waals surface area contributed by atoms with Gasteiger partial charge in [-0.1, -0.05) is 30.3 Å². The second-order valence-electron chi connectivity index (χ2n) is 6.78. The molecule has 2 aliphatic rings. The lowest BCUT2D eigenvalue weighted by molar-refractivity contribution is -0.142. The molecule has 0 aliphatic carbocycles. The van der Waals surface area contributed by atoms with Crippen LogP contribution in [0.4, 0.5) is 0 Å². The van der Waals surface area contributed by atoms with Crippen LogP contribution in [0.2, 0.25) is 0 Å². The lowest BCUT2D eigenvalue weighted by Crippen LogP contribution is -2.48. The standard InChI is InChI=1S/C19H28N2O3/c1-23-19(22)14-21-10-7-16(8-11-21)20-17-9-12-24-18(13-17)15-5-3-2-4-6-15/h2-6,16-18,20H,7-14H2,1H3. The maximum Gasteiger partial charge on any atom is 0.319 e. The molecule has 3 rings (SSSR count). The molecule has 0 aromatic heterocycles. The summed E-state index contributed by atoms with van der Waals surface area (Å²) in [5, 5.41) is 3.82. The number of piperidine rings is 1. The molecule has 1 aromatic carbocycles. The average molecular weight is 332 g/mol. The molecule has 0 spiro atoms. The van der Waals surface area contributed by atoms with Crippen LogP contribution in [0.15, 0.2) is 30.3 Å². The summed E-state index contributed by atoms with van der Waals surface area (Å²) < 4.78 is 10.7. The van der Waals surface area contributed by atoms with Crippen LogP contribution < -0.4 is 5.32 Å². The van der Waals surface area contributed by atoms with Gasteiger partial charge in [0.15, 0.2) is 0 Å². The second-order valence-corrected chi connectivity index (χ2v) is 6.78. The first-order chi connectivity index (χ1) is 11.7. The Morgan fingerprint density at radius 2 is 1.96 bits per heavy atom. The maximum atomic E-state index is 11.4. The van der Waals surface area contributed by atoms with Crippen molar-refractivity contribution in [2.75, 3.05) is 33.4 Å². The Morgan fingerprint density at radius 1 is 1.21 bits per heavy atom. The van der Waals surface area contributed by atoms with E-state index in [4.69, 9.17) is 9.47 Å². The third-order valence-corrected chi connectivity index (χ3v) is 5.09. The highest BCUT2D eigenvalue weighted by molar-refractivity contribution is 5.71. The minimum Gasteiger partial charge on any atom is -0.468 e. The van der Waals surface area contributed by atoms with Gasteiger partial charge >= 0.3 is 5.97 Å². The van der Waals surface area contributed by atoms with Crippen LogP contribution in [0.1, 0.15) is 37.4 Å². The predicted octanol–water partition coefficient (Wildman–Crippen LogP) is 2.13. The van der Waals surface area contributed by atoms with Gasteiger partial charge in [-0.15, -0.1) is 0 Å². The van der Waals surface area contributed by atoms with Crippen molar-refractivity contribution in [3.8, 4) is 0 Å². The van der Waals surface area contributed by atoms with Gasteiger partial charge in [-0.05, 0) is 31.2 Å². The lowest BCUT2D eigenvalue weighted by Gasteiger charge is -2.37. The molecule has 1 aromatic rings. The quantitative estimate of drug-likeness (QED) is 0.837. The Balaban J connectivity index is 1.44. The van der Waals surface area contributed by atoms with Gasteiger partial charge in [0.05, 0.1) is 19.8 Å². The summed E-state index contributed by atoms with van der Waals surface area (Å²) in [6.45, 7) is 3.14. The predicted molar refractivity (Wildman–Crippen MR) is 92.8 cm³/mol. The smallest absolute Gasteiger partial charge is 0.319 e. The summed E-state index contributed by atoms with van der Waals surface area (Å²) >= 11 is 0. The Morgan fingerprint density at radius 3 is 2.67 bits per heavy atom. The fourth-order valence-electron chi connectivity index (χ4n) is 3.69. The van der Waals surface area contributed by atoms with Gasteiger partial charge in [-0.2, -0.15) is 0 Å². The molecule has 132 valence electrons. The normalized spacial score (nSPS) is 26.2. The highest BCUT2D eigenvalue weighted by atomic mass is 16.5. The topological polar surface area (TPSA) is 50.8 Å². The molecule has 0 bridgehead atoms. The number of hydrogen-bond donors (Lipinski definition) is 1. The molecule has 0 radical (unpaired) electrons. The third kappa shape index (κ3) is 4.79. The van der Waals surface area contributed by atoms with Gasteiger partial charge in [-0.3, -0.25) is 9.69 Å². The monoisotopic (exact) mass is 332 g/mol. The van der Waals surface area contributed by atoms with Gasteiger partial charge in [-0.25, -0.2) is 0 Å². The summed E-state index contributed by atoms with van der Waals surface area (Å²) in [6.07, 6.45) is 4.49. The number of esters is 1. The highest BCUT2D eigenvalue weighted by Crippen LogP contribution is 2.28. The van der Waals surface area contributed by atoms with Crippen LogP contribution >= 0.6 is 0 Å². The van der Waals surface area contributed by atoms with E-state index in [9.17, 15) is 4.79 Å². The van der Waals surface area contributed by atoms with Crippen molar-refractivity contribution in [1.82, 2.24) is 10.2 Å². The summed E-state index contributed by atoms with van der Waals surface area (Å²) in [5.41, 5.74) is 1.27. The summed E-state index contributed by atoms with van der Waals surface area (Å²) in [4.78, 5) is 13.5. The molecule has 2 unspecified atom stereocenters. The summed E-state index contributed by atoms with van der Waals surface area (Å²) in [6, 6.07) is 11.6. The molecule has 2 heterocycles. The van der Waals surface area contributed by atoms with Gasteiger partial charge in [0.1, 0.15) is 0 Å². The van der Waals surface area contributed by atoms with Crippen molar-refractivity contribution in [1.29, 1.82) is 0 Å². The Hall–Kier alpha value is -1.43. The van der Waals surface area contributed by atoms with Crippen molar-refractivity contribution in [3.05, 3.63) is 35.9 Å². The number of nitrogens with zero attached hydrogens (tertiary/aromatic N) is 1. The highest BCUT2D eigenvalue weighted by Gasteiger charge is 2.27. The van der Waals surface area contributed by atoms with Crippen LogP contribution in [-0.2, 0) is 14.3 Å². The third-order valence-electron chi connectivity index (χ3n) is 5.09. The molecule has 5 nitrogen and oxygen atoms in total. The van der Waals surface area contributed by atoms with Crippen molar-refractivity contribution in [3.63, 3.8) is 0 Å². The SMILES string of the molecule is COC(=O)CN1CCC(NC2CCOC(c3ccccc3)C2)CC1. The van der Waals surface area contributed by atoms with Crippen molar-refractivity contribution in [2.45, 2.75) is 43.9 Å². The number of carbonyl (C=O) groups is 1. The number of carbonyl (C=O) groups excluding carboxylic acids is 1.